The molecule has 0 heterocycles. The van der Waals surface area contributed by atoms with Gasteiger partial charge < -0.3 is 9.84 Å². The molecule has 4 heteroatoms. The topological polar surface area (TPSA) is 29.5 Å². The zero-order chi connectivity index (χ0) is 13.1. The summed E-state index contributed by atoms with van der Waals surface area (Å²) in [5.74, 6) is 1.29. The lowest BCUT2D eigenvalue weighted by molar-refractivity contribution is -0.106. The van der Waals surface area contributed by atoms with Crippen molar-refractivity contribution in [1.82, 2.24) is 0 Å². The second kappa shape index (κ2) is 6.29. The van der Waals surface area contributed by atoms with Crippen LogP contribution in [0.15, 0.2) is 0 Å². The van der Waals surface area contributed by atoms with Gasteiger partial charge in [-0.25, -0.2) is 8.78 Å². The van der Waals surface area contributed by atoms with Crippen LogP contribution in [-0.2, 0) is 4.74 Å². The third-order valence-electron chi connectivity index (χ3n) is 4.46. The molecule has 0 spiro atoms. The number of rotatable bonds is 3. The van der Waals surface area contributed by atoms with Crippen LogP contribution in [0.1, 0.15) is 45.4 Å². The van der Waals surface area contributed by atoms with Gasteiger partial charge in [-0.2, -0.15) is 0 Å². The highest BCUT2D eigenvalue weighted by atomic mass is 19.2. The van der Waals surface area contributed by atoms with Crippen LogP contribution in [0, 0.1) is 11.8 Å². The van der Waals surface area contributed by atoms with Crippen LogP contribution in [-0.4, -0.2) is 36.3 Å². The van der Waals surface area contributed by atoms with E-state index in [9.17, 15) is 13.9 Å². The molecular weight excluding hydrogens is 238 g/mol. The fourth-order valence-corrected chi connectivity index (χ4v) is 3.00. The van der Waals surface area contributed by atoms with Crippen LogP contribution in [0.4, 0.5) is 8.78 Å². The molecule has 0 bridgehead atoms. The van der Waals surface area contributed by atoms with E-state index in [1.54, 1.807) is 0 Å². The van der Waals surface area contributed by atoms with E-state index in [0.29, 0.717) is 25.4 Å². The van der Waals surface area contributed by atoms with Crippen molar-refractivity contribution in [2.45, 2.75) is 70.0 Å². The molecule has 4 unspecified atom stereocenters. The number of aliphatic hydroxyl groups excluding tert-OH is 1. The molecule has 2 rings (SSSR count). The van der Waals surface area contributed by atoms with E-state index in [2.05, 4.69) is 6.92 Å². The summed E-state index contributed by atoms with van der Waals surface area (Å²) in [7, 11) is 0. The van der Waals surface area contributed by atoms with Crippen LogP contribution in [0.5, 0.6) is 0 Å². The van der Waals surface area contributed by atoms with Gasteiger partial charge in [0.2, 0.25) is 0 Å². The Morgan fingerprint density at radius 1 is 1.00 bits per heavy atom. The summed E-state index contributed by atoms with van der Waals surface area (Å²) in [5, 5.41) is 9.24. The molecule has 18 heavy (non-hydrogen) atoms. The zero-order valence-corrected chi connectivity index (χ0v) is 11.0. The van der Waals surface area contributed by atoms with E-state index in [-0.39, 0.29) is 0 Å². The van der Waals surface area contributed by atoms with E-state index in [0.717, 1.165) is 18.8 Å². The van der Waals surface area contributed by atoms with Crippen molar-refractivity contribution in [3.63, 3.8) is 0 Å². The molecule has 0 aromatic rings. The molecule has 1 N–H and O–H groups in total. The van der Waals surface area contributed by atoms with Crippen LogP contribution < -0.4 is 0 Å². The predicted molar refractivity (Wildman–Crippen MR) is 65.9 cm³/mol. The Kier molecular flexibility index (Phi) is 4.96. The molecule has 2 aliphatic carbocycles. The number of hydrogen-bond donors (Lipinski definition) is 1. The first-order valence-corrected chi connectivity index (χ1v) is 7.15. The summed E-state index contributed by atoms with van der Waals surface area (Å²) in [6.45, 7) is 2.80. The molecule has 2 saturated carbocycles. The Morgan fingerprint density at radius 2 is 1.67 bits per heavy atom. The Hall–Kier alpha value is -0.220. The molecular formula is C14H24F2O2. The lowest BCUT2D eigenvalue weighted by Crippen LogP contribution is -2.45. The molecule has 0 aromatic heterocycles. The minimum Gasteiger partial charge on any atom is -0.390 e. The van der Waals surface area contributed by atoms with E-state index in [4.69, 9.17) is 4.74 Å². The van der Waals surface area contributed by atoms with Gasteiger partial charge in [0.05, 0.1) is 12.2 Å². The number of ether oxygens (including phenoxy) is 1. The molecule has 0 aliphatic heterocycles. The maximum absolute atomic E-state index is 13.6. The smallest absolute Gasteiger partial charge is 0.160 e. The summed E-state index contributed by atoms with van der Waals surface area (Å²) in [6.07, 6.45) is 0.132. The summed E-state index contributed by atoms with van der Waals surface area (Å²) < 4.78 is 32.5. The third kappa shape index (κ3) is 3.41. The summed E-state index contributed by atoms with van der Waals surface area (Å²) in [5.41, 5.74) is 0. The van der Waals surface area contributed by atoms with Gasteiger partial charge in [0.1, 0.15) is 0 Å². The Morgan fingerprint density at radius 3 is 2.33 bits per heavy atom. The second-order valence-corrected chi connectivity index (χ2v) is 6.03. The molecule has 4 atom stereocenters. The number of halogens is 2. The number of hydrogen-bond acceptors (Lipinski definition) is 2. The number of alkyl halides is 2. The van der Waals surface area contributed by atoms with Gasteiger partial charge >= 0.3 is 0 Å². The highest BCUT2D eigenvalue weighted by Crippen LogP contribution is 2.31. The standard InChI is InChI=1S/C14H24F2O2/c1-9-2-4-10(5-3-9)8-18-12-7-6-11(17)13(15)14(12)16/h9-14,17H,2-8H2,1H3. The van der Waals surface area contributed by atoms with E-state index in [1.807, 2.05) is 0 Å². The van der Waals surface area contributed by atoms with Crippen LogP contribution >= 0.6 is 0 Å². The molecule has 2 aliphatic rings. The molecule has 0 aromatic carbocycles. The summed E-state index contributed by atoms with van der Waals surface area (Å²) in [6, 6.07) is 0. The summed E-state index contributed by atoms with van der Waals surface area (Å²) in [4.78, 5) is 0. The molecule has 0 amide bonds. The van der Waals surface area contributed by atoms with Gasteiger partial charge in [-0.05, 0) is 37.5 Å². The maximum Gasteiger partial charge on any atom is 0.160 e. The van der Waals surface area contributed by atoms with Crippen molar-refractivity contribution in [2.75, 3.05) is 6.61 Å². The van der Waals surface area contributed by atoms with Gasteiger partial charge in [-0.3, -0.25) is 0 Å². The molecule has 0 saturated heterocycles. The van der Waals surface area contributed by atoms with E-state index in [1.165, 1.54) is 12.8 Å². The predicted octanol–water partition coefficient (Wildman–Crippen LogP) is 3.03. The van der Waals surface area contributed by atoms with Crippen molar-refractivity contribution in [1.29, 1.82) is 0 Å². The fourth-order valence-electron chi connectivity index (χ4n) is 3.00. The lowest BCUT2D eigenvalue weighted by Gasteiger charge is -2.34. The third-order valence-corrected chi connectivity index (χ3v) is 4.46. The Labute approximate surface area is 108 Å². The quantitative estimate of drug-likeness (QED) is 0.847. The second-order valence-electron chi connectivity index (χ2n) is 6.03. The van der Waals surface area contributed by atoms with Crippen molar-refractivity contribution < 1.29 is 18.6 Å². The zero-order valence-electron chi connectivity index (χ0n) is 11.0. The Bertz CT molecular complexity index is 254. The number of aliphatic hydroxyl groups is 1. The van der Waals surface area contributed by atoms with Crippen molar-refractivity contribution in [3.8, 4) is 0 Å². The normalized spacial score (nSPS) is 46.0. The van der Waals surface area contributed by atoms with Crippen molar-refractivity contribution in [2.24, 2.45) is 11.8 Å². The van der Waals surface area contributed by atoms with E-state index >= 15 is 0 Å². The van der Waals surface area contributed by atoms with Gasteiger partial charge in [0.15, 0.2) is 12.3 Å². The minimum absolute atomic E-state index is 0.300. The van der Waals surface area contributed by atoms with Gasteiger partial charge in [0, 0.05) is 6.61 Å². The first-order chi connectivity index (χ1) is 8.58. The fraction of sp³-hybridized carbons (Fsp3) is 1.00. The van der Waals surface area contributed by atoms with Gasteiger partial charge in [-0.15, -0.1) is 0 Å². The van der Waals surface area contributed by atoms with E-state index < -0.39 is 24.6 Å². The first-order valence-electron chi connectivity index (χ1n) is 7.15. The lowest BCUT2D eigenvalue weighted by atomic mass is 9.83. The van der Waals surface area contributed by atoms with Crippen LogP contribution in [0.25, 0.3) is 0 Å². The summed E-state index contributed by atoms with van der Waals surface area (Å²) >= 11 is 0. The highest BCUT2D eigenvalue weighted by molar-refractivity contribution is 4.89. The van der Waals surface area contributed by atoms with Crippen LogP contribution in [0.2, 0.25) is 0 Å². The average Bonchev–Trinajstić information content (AvgIpc) is 2.37. The van der Waals surface area contributed by atoms with Crippen molar-refractivity contribution >= 4 is 0 Å². The van der Waals surface area contributed by atoms with Gasteiger partial charge in [-0.1, -0.05) is 19.8 Å². The highest BCUT2D eigenvalue weighted by Gasteiger charge is 2.40. The maximum atomic E-state index is 13.6. The SMILES string of the molecule is CC1CCC(COC2CCC(O)C(F)C2F)CC1. The van der Waals surface area contributed by atoms with Gasteiger partial charge in [0.25, 0.3) is 0 Å². The first kappa shape index (κ1) is 14.2. The van der Waals surface area contributed by atoms with Crippen molar-refractivity contribution in [3.05, 3.63) is 0 Å². The monoisotopic (exact) mass is 262 g/mol. The largest absolute Gasteiger partial charge is 0.390 e. The molecule has 0 radical (unpaired) electrons. The average molecular weight is 262 g/mol. The molecule has 2 nitrogen and oxygen atoms in total. The minimum atomic E-state index is -1.78. The Balaban J connectivity index is 1.73. The molecule has 2 fully saturated rings. The van der Waals surface area contributed by atoms with Crippen LogP contribution in [0.3, 0.4) is 0 Å². The molecule has 106 valence electrons.